The van der Waals surface area contributed by atoms with Crippen LogP contribution < -0.4 is 0 Å². The molecule has 0 aliphatic rings. The molecule has 0 radical (unpaired) electrons. The topological polar surface area (TPSA) is 63.3 Å². The van der Waals surface area contributed by atoms with Crippen LogP contribution in [0, 0.1) is 0 Å². The average Bonchev–Trinajstić information content (AvgIpc) is 2.79. The van der Waals surface area contributed by atoms with Crippen molar-refractivity contribution in [3.8, 4) is 0 Å². The number of carbonyl (C=O) groups is 1. The number of hydrogen-bond donors (Lipinski definition) is 1. The normalized spacial score (nSPS) is 11.4. The molecule has 0 spiro atoms. The molecule has 0 fully saturated rings. The molecule has 0 saturated heterocycles. The van der Waals surface area contributed by atoms with Crippen LogP contribution in [0.25, 0.3) is 11.6 Å². The molecule has 0 aliphatic heterocycles. The van der Waals surface area contributed by atoms with Gasteiger partial charge in [-0.05, 0) is 24.3 Å². The summed E-state index contributed by atoms with van der Waals surface area (Å²) < 4.78 is 4.87. The van der Waals surface area contributed by atoms with Gasteiger partial charge in [0.25, 0.3) is 0 Å². The Morgan fingerprint density at radius 3 is 2.81 bits per heavy atom. The minimum atomic E-state index is -1.01. The predicted octanol–water partition coefficient (Wildman–Crippen LogP) is 2.30. The first-order valence-electron chi connectivity index (χ1n) is 4.66. The highest BCUT2D eigenvalue weighted by molar-refractivity contribution is 6.19. The largest absolute Gasteiger partial charge is 0.478 e. The van der Waals surface area contributed by atoms with Gasteiger partial charge in [-0.2, -0.15) is 0 Å². The average molecular weight is 215 g/mol. The molecule has 0 atom stereocenters. The number of carboxylic acids is 1. The zero-order valence-electron chi connectivity index (χ0n) is 8.33. The quantitative estimate of drug-likeness (QED) is 0.798. The maximum absolute atomic E-state index is 11.1. The van der Waals surface area contributed by atoms with Crippen molar-refractivity contribution in [2.24, 2.45) is 0 Å². The van der Waals surface area contributed by atoms with Gasteiger partial charge in [-0.15, -0.1) is 0 Å². The molecule has 2 rings (SSSR count). The molecule has 0 bridgehead atoms. The number of hydrogen-bond acceptors (Lipinski definition) is 3. The fraction of sp³-hybridized carbons (Fsp3) is 0. The lowest BCUT2D eigenvalue weighted by Gasteiger charge is -1.99. The molecular weight excluding hydrogens is 206 g/mol. The summed E-state index contributed by atoms with van der Waals surface area (Å²) in [6.45, 7) is 0. The Kier molecular flexibility index (Phi) is 2.82. The molecule has 4 heteroatoms. The smallest absolute Gasteiger partial charge is 0.337 e. The van der Waals surface area contributed by atoms with Crippen LogP contribution in [0.1, 0.15) is 11.3 Å². The second-order valence-electron chi connectivity index (χ2n) is 3.13. The molecule has 0 unspecified atom stereocenters. The van der Waals surface area contributed by atoms with Gasteiger partial charge in [0.1, 0.15) is 0 Å². The molecule has 0 aliphatic carbocycles. The van der Waals surface area contributed by atoms with E-state index in [0.717, 1.165) is 0 Å². The Morgan fingerprint density at radius 2 is 2.25 bits per heavy atom. The molecule has 0 saturated carbocycles. The van der Waals surface area contributed by atoms with Crippen LogP contribution in [0.5, 0.6) is 0 Å². The Hall–Kier alpha value is -2.36. The number of aromatic nitrogens is 1. The molecule has 4 nitrogen and oxygen atoms in total. The molecular formula is C12H9NO3. The second-order valence-corrected chi connectivity index (χ2v) is 3.13. The Morgan fingerprint density at radius 1 is 1.38 bits per heavy atom. The van der Waals surface area contributed by atoms with Crippen molar-refractivity contribution in [3.63, 3.8) is 0 Å². The molecule has 80 valence electrons. The maximum Gasteiger partial charge on any atom is 0.337 e. The molecule has 1 N–H and O–H groups in total. The third-order valence-electron chi connectivity index (χ3n) is 2.03. The van der Waals surface area contributed by atoms with Crippen LogP contribution in [0.4, 0.5) is 0 Å². The van der Waals surface area contributed by atoms with Crippen molar-refractivity contribution in [2.75, 3.05) is 0 Å². The van der Waals surface area contributed by atoms with Crippen molar-refractivity contribution < 1.29 is 14.3 Å². The molecule has 0 amide bonds. The van der Waals surface area contributed by atoms with Gasteiger partial charge in [-0.3, -0.25) is 4.98 Å². The van der Waals surface area contributed by atoms with E-state index < -0.39 is 5.97 Å². The number of nitrogens with zero attached hydrogens (tertiary/aromatic N) is 1. The van der Waals surface area contributed by atoms with E-state index in [1.807, 2.05) is 0 Å². The summed E-state index contributed by atoms with van der Waals surface area (Å²) in [5.41, 5.74) is 1.27. The summed E-state index contributed by atoms with van der Waals surface area (Å²) in [7, 11) is 0. The molecule has 2 aromatic rings. The number of pyridine rings is 1. The van der Waals surface area contributed by atoms with E-state index in [0.29, 0.717) is 11.3 Å². The van der Waals surface area contributed by atoms with Gasteiger partial charge >= 0.3 is 5.97 Å². The van der Waals surface area contributed by atoms with Crippen LogP contribution in [0.3, 0.4) is 0 Å². The number of aliphatic carboxylic acids is 1. The van der Waals surface area contributed by atoms with Crippen molar-refractivity contribution in [2.45, 2.75) is 0 Å². The van der Waals surface area contributed by atoms with Crippen LogP contribution in [0.15, 0.2) is 47.4 Å². The third-order valence-corrected chi connectivity index (χ3v) is 2.03. The summed E-state index contributed by atoms with van der Waals surface area (Å²) in [6, 6.07) is 6.82. The van der Waals surface area contributed by atoms with Crippen molar-refractivity contribution >= 4 is 17.6 Å². The summed E-state index contributed by atoms with van der Waals surface area (Å²) in [6.07, 6.45) is 6.05. The summed E-state index contributed by atoms with van der Waals surface area (Å²) in [5, 5.41) is 9.09. The van der Waals surface area contributed by atoms with E-state index in [-0.39, 0.29) is 5.57 Å². The lowest BCUT2D eigenvalue weighted by atomic mass is 10.1. The van der Waals surface area contributed by atoms with Gasteiger partial charge in [0.05, 0.1) is 23.8 Å². The SMILES string of the molecule is O=C(O)/C(=C/c1ccoc1)c1ccccn1. The molecule has 2 heterocycles. The highest BCUT2D eigenvalue weighted by Gasteiger charge is 2.11. The van der Waals surface area contributed by atoms with Crippen LogP contribution >= 0.6 is 0 Å². The lowest BCUT2D eigenvalue weighted by molar-refractivity contribution is -0.130. The van der Waals surface area contributed by atoms with Gasteiger partial charge in [0.15, 0.2) is 0 Å². The predicted molar refractivity (Wildman–Crippen MR) is 58.5 cm³/mol. The van der Waals surface area contributed by atoms with Gasteiger partial charge in [0.2, 0.25) is 0 Å². The van der Waals surface area contributed by atoms with E-state index >= 15 is 0 Å². The molecule has 16 heavy (non-hydrogen) atoms. The minimum absolute atomic E-state index is 0.141. The first-order chi connectivity index (χ1) is 7.77. The lowest BCUT2D eigenvalue weighted by Crippen LogP contribution is -2.01. The van der Waals surface area contributed by atoms with Crippen LogP contribution in [-0.2, 0) is 4.79 Å². The Labute approximate surface area is 91.9 Å². The van der Waals surface area contributed by atoms with E-state index in [1.165, 1.54) is 18.6 Å². The summed E-state index contributed by atoms with van der Waals surface area (Å²) in [4.78, 5) is 15.1. The van der Waals surface area contributed by atoms with Crippen molar-refractivity contribution in [1.82, 2.24) is 4.98 Å². The fourth-order valence-electron chi connectivity index (χ4n) is 1.29. The summed E-state index contributed by atoms with van der Waals surface area (Å²) in [5.74, 6) is -1.01. The number of carboxylic acid groups (broad SMARTS) is 1. The highest BCUT2D eigenvalue weighted by Crippen LogP contribution is 2.16. The number of furan rings is 1. The number of rotatable bonds is 3. The zero-order chi connectivity index (χ0) is 11.4. The van der Waals surface area contributed by atoms with E-state index in [2.05, 4.69) is 4.98 Å². The van der Waals surface area contributed by atoms with Crippen LogP contribution in [0.2, 0.25) is 0 Å². The third kappa shape index (κ3) is 2.17. The highest BCUT2D eigenvalue weighted by atomic mass is 16.4. The van der Waals surface area contributed by atoms with Gasteiger partial charge < -0.3 is 9.52 Å². The second kappa shape index (κ2) is 4.44. The van der Waals surface area contributed by atoms with Crippen LogP contribution in [-0.4, -0.2) is 16.1 Å². The molecule has 2 aromatic heterocycles. The standard InChI is InChI=1S/C12H9NO3/c14-12(15)10(7-9-4-6-16-8-9)11-3-1-2-5-13-11/h1-8H,(H,14,15)/b10-7+. The van der Waals surface area contributed by atoms with Crippen molar-refractivity contribution in [3.05, 3.63) is 54.2 Å². The first kappa shape index (κ1) is 10.2. The van der Waals surface area contributed by atoms with Crippen molar-refractivity contribution in [1.29, 1.82) is 0 Å². The Bertz CT molecular complexity index is 500. The zero-order valence-corrected chi connectivity index (χ0v) is 8.33. The Balaban J connectivity index is 2.43. The van der Waals surface area contributed by atoms with E-state index in [9.17, 15) is 4.79 Å². The first-order valence-corrected chi connectivity index (χ1v) is 4.66. The summed E-state index contributed by atoms with van der Waals surface area (Å²) >= 11 is 0. The minimum Gasteiger partial charge on any atom is -0.478 e. The van der Waals surface area contributed by atoms with Gasteiger partial charge in [0, 0.05) is 11.8 Å². The van der Waals surface area contributed by atoms with E-state index in [4.69, 9.17) is 9.52 Å². The monoisotopic (exact) mass is 215 g/mol. The van der Waals surface area contributed by atoms with Gasteiger partial charge in [-0.25, -0.2) is 4.79 Å². The maximum atomic E-state index is 11.1. The fourth-order valence-corrected chi connectivity index (χ4v) is 1.29. The van der Waals surface area contributed by atoms with Gasteiger partial charge in [-0.1, -0.05) is 6.07 Å². The molecule has 0 aromatic carbocycles. The van der Waals surface area contributed by atoms with E-state index in [1.54, 1.807) is 30.5 Å².